The minimum Gasteiger partial charge on any atom is -0.311 e. The highest BCUT2D eigenvalue weighted by molar-refractivity contribution is 5.60. The zero-order valence-electron chi connectivity index (χ0n) is 9.77. The molecule has 0 aromatic carbocycles. The van der Waals surface area contributed by atoms with Gasteiger partial charge in [-0.15, -0.1) is 0 Å². The van der Waals surface area contributed by atoms with Gasteiger partial charge in [0.1, 0.15) is 5.82 Å². The normalized spacial score (nSPS) is 14.4. The molecule has 1 aliphatic heterocycles. The van der Waals surface area contributed by atoms with E-state index < -0.39 is 0 Å². The van der Waals surface area contributed by atoms with E-state index in [2.05, 4.69) is 20.3 Å². The van der Waals surface area contributed by atoms with Crippen LogP contribution in [0.1, 0.15) is 17.1 Å². The highest BCUT2D eigenvalue weighted by atomic mass is 15.0. The molecular formula is C13H14N4. The van der Waals surface area contributed by atoms with Crippen molar-refractivity contribution in [3.63, 3.8) is 0 Å². The molecule has 4 heteroatoms. The first-order chi connectivity index (χ1) is 8.34. The van der Waals surface area contributed by atoms with Crippen molar-refractivity contribution in [3.05, 3.63) is 41.5 Å². The van der Waals surface area contributed by atoms with E-state index in [0.717, 1.165) is 42.4 Å². The fourth-order valence-electron chi connectivity index (χ4n) is 2.20. The van der Waals surface area contributed by atoms with Crippen LogP contribution < -0.4 is 5.32 Å². The molecule has 0 aliphatic carbocycles. The monoisotopic (exact) mass is 226 g/mol. The second kappa shape index (κ2) is 4.22. The molecule has 2 aromatic rings. The molecular weight excluding hydrogens is 212 g/mol. The van der Waals surface area contributed by atoms with Gasteiger partial charge >= 0.3 is 0 Å². The number of hydrogen-bond donors (Lipinski definition) is 1. The van der Waals surface area contributed by atoms with Gasteiger partial charge in [0, 0.05) is 18.3 Å². The Balaban J connectivity index is 2.19. The summed E-state index contributed by atoms with van der Waals surface area (Å²) in [6, 6.07) is 5.92. The van der Waals surface area contributed by atoms with Crippen LogP contribution in [0.15, 0.2) is 24.4 Å². The lowest BCUT2D eigenvalue weighted by Gasteiger charge is -2.19. The van der Waals surface area contributed by atoms with Crippen molar-refractivity contribution in [2.75, 3.05) is 6.54 Å². The number of rotatable bonds is 1. The predicted molar refractivity (Wildman–Crippen MR) is 65.4 cm³/mol. The van der Waals surface area contributed by atoms with Gasteiger partial charge in [0.15, 0.2) is 0 Å². The van der Waals surface area contributed by atoms with Crippen LogP contribution in [0.25, 0.3) is 11.4 Å². The summed E-state index contributed by atoms with van der Waals surface area (Å²) in [5.41, 5.74) is 4.29. The molecule has 0 atom stereocenters. The number of hydrogen-bond acceptors (Lipinski definition) is 4. The fraction of sp³-hybridized carbons (Fsp3) is 0.308. The summed E-state index contributed by atoms with van der Waals surface area (Å²) in [4.78, 5) is 13.4. The van der Waals surface area contributed by atoms with Crippen molar-refractivity contribution >= 4 is 0 Å². The number of aromatic nitrogens is 3. The lowest BCUT2D eigenvalue weighted by molar-refractivity contribution is 0.621. The van der Waals surface area contributed by atoms with Gasteiger partial charge in [0.05, 0.1) is 17.1 Å². The molecule has 0 radical (unpaired) electrons. The third-order valence-electron chi connectivity index (χ3n) is 2.96. The van der Waals surface area contributed by atoms with Crippen LogP contribution in [-0.2, 0) is 13.0 Å². The summed E-state index contributed by atoms with van der Waals surface area (Å²) in [5, 5.41) is 3.34. The van der Waals surface area contributed by atoms with Crippen molar-refractivity contribution in [3.8, 4) is 11.4 Å². The maximum atomic E-state index is 4.56. The summed E-state index contributed by atoms with van der Waals surface area (Å²) in [7, 11) is 0. The number of nitrogens with zero attached hydrogens (tertiary/aromatic N) is 3. The average molecular weight is 226 g/mol. The first kappa shape index (κ1) is 10.4. The number of nitrogens with one attached hydrogen (secondary N) is 1. The Hall–Kier alpha value is -1.81. The van der Waals surface area contributed by atoms with Crippen molar-refractivity contribution in [1.82, 2.24) is 20.3 Å². The topological polar surface area (TPSA) is 50.7 Å². The van der Waals surface area contributed by atoms with Gasteiger partial charge < -0.3 is 5.32 Å². The Kier molecular flexibility index (Phi) is 2.57. The molecule has 0 bridgehead atoms. The van der Waals surface area contributed by atoms with Crippen LogP contribution in [0.3, 0.4) is 0 Å². The third kappa shape index (κ3) is 1.91. The Morgan fingerprint density at radius 1 is 1.24 bits per heavy atom. The summed E-state index contributed by atoms with van der Waals surface area (Å²) in [5.74, 6) is 0.813. The van der Waals surface area contributed by atoms with E-state index in [9.17, 15) is 0 Å². The van der Waals surface area contributed by atoms with Gasteiger partial charge in [-0.2, -0.15) is 0 Å². The van der Waals surface area contributed by atoms with E-state index in [1.807, 2.05) is 25.1 Å². The molecule has 86 valence electrons. The van der Waals surface area contributed by atoms with Crippen molar-refractivity contribution in [1.29, 1.82) is 0 Å². The fourth-order valence-corrected chi connectivity index (χ4v) is 2.20. The molecule has 0 saturated carbocycles. The van der Waals surface area contributed by atoms with E-state index >= 15 is 0 Å². The van der Waals surface area contributed by atoms with Gasteiger partial charge in [-0.3, -0.25) is 4.98 Å². The summed E-state index contributed by atoms with van der Waals surface area (Å²) in [6.45, 7) is 3.75. The molecule has 1 N–H and O–H groups in total. The van der Waals surface area contributed by atoms with E-state index in [-0.39, 0.29) is 0 Å². The quantitative estimate of drug-likeness (QED) is 0.800. The second-order valence-corrected chi connectivity index (χ2v) is 4.19. The van der Waals surface area contributed by atoms with Gasteiger partial charge in [-0.1, -0.05) is 6.07 Å². The number of fused-ring (bicyclic) bond motifs is 1. The van der Waals surface area contributed by atoms with Crippen LogP contribution in [0.5, 0.6) is 0 Å². The number of pyridine rings is 1. The van der Waals surface area contributed by atoms with E-state index in [1.54, 1.807) is 6.20 Å². The lowest BCUT2D eigenvalue weighted by atomic mass is 10.0. The highest BCUT2D eigenvalue weighted by Crippen LogP contribution is 2.23. The van der Waals surface area contributed by atoms with Crippen LogP contribution in [0.2, 0.25) is 0 Å². The highest BCUT2D eigenvalue weighted by Gasteiger charge is 2.17. The molecule has 0 spiro atoms. The number of aryl methyl sites for hydroxylation is 1. The molecule has 17 heavy (non-hydrogen) atoms. The average Bonchev–Trinajstić information content (AvgIpc) is 2.39. The zero-order chi connectivity index (χ0) is 11.7. The molecule has 0 fully saturated rings. The molecule has 4 nitrogen and oxygen atoms in total. The predicted octanol–water partition coefficient (Wildman–Crippen LogP) is 1.49. The maximum absolute atomic E-state index is 4.56. The zero-order valence-corrected chi connectivity index (χ0v) is 9.77. The standard InChI is InChI=1S/C13H14N4/c1-9-16-12-8-14-7-5-10(12)13(17-9)11-4-2-3-6-15-11/h2-4,6,14H,5,7-8H2,1H3. The van der Waals surface area contributed by atoms with Crippen LogP contribution in [0, 0.1) is 6.92 Å². The lowest BCUT2D eigenvalue weighted by Crippen LogP contribution is -2.26. The third-order valence-corrected chi connectivity index (χ3v) is 2.96. The smallest absolute Gasteiger partial charge is 0.126 e. The van der Waals surface area contributed by atoms with Gasteiger partial charge in [0.25, 0.3) is 0 Å². The summed E-state index contributed by atoms with van der Waals surface area (Å²) >= 11 is 0. The van der Waals surface area contributed by atoms with Crippen molar-refractivity contribution in [2.24, 2.45) is 0 Å². The van der Waals surface area contributed by atoms with Crippen LogP contribution in [0.4, 0.5) is 0 Å². The molecule has 3 heterocycles. The van der Waals surface area contributed by atoms with E-state index in [1.165, 1.54) is 5.56 Å². The van der Waals surface area contributed by atoms with Crippen molar-refractivity contribution < 1.29 is 0 Å². The Bertz CT molecular complexity index is 537. The van der Waals surface area contributed by atoms with Crippen molar-refractivity contribution in [2.45, 2.75) is 19.9 Å². The molecule has 1 aliphatic rings. The van der Waals surface area contributed by atoms with Gasteiger partial charge in [-0.05, 0) is 32.0 Å². The minimum absolute atomic E-state index is 0.813. The molecule has 2 aromatic heterocycles. The SMILES string of the molecule is Cc1nc2c(c(-c3ccccn3)n1)CCNC2. The van der Waals surface area contributed by atoms with E-state index in [0.29, 0.717) is 0 Å². The molecule has 0 saturated heterocycles. The molecule has 0 amide bonds. The Labute approximate surface area is 100 Å². The summed E-state index contributed by atoms with van der Waals surface area (Å²) < 4.78 is 0. The Morgan fingerprint density at radius 2 is 2.18 bits per heavy atom. The van der Waals surface area contributed by atoms with Gasteiger partial charge in [0.2, 0.25) is 0 Å². The van der Waals surface area contributed by atoms with Crippen LogP contribution in [-0.4, -0.2) is 21.5 Å². The second-order valence-electron chi connectivity index (χ2n) is 4.19. The maximum Gasteiger partial charge on any atom is 0.126 e. The largest absolute Gasteiger partial charge is 0.311 e. The molecule has 0 unspecified atom stereocenters. The first-order valence-corrected chi connectivity index (χ1v) is 5.83. The first-order valence-electron chi connectivity index (χ1n) is 5.83. The molecule has 3 rings (SSSR count). The minimum atomic E-state index is 0.813. The van der Waals surface area contributed by atoms with Gasteiger partial charge in [-0.25, -0.2) is 9.97 Å². The Morgan fingerprint density at radius 3 is 3.00 bits per heavy atom. The summed E-state index contributed by atoms with van der Waals surface area (Å²) in [6.07, 6.45) is 2.78. The van der Waals surface area contributed by atoms with E-state index in [4.69, 9.17) is 0 Å². The van der Waals surface area contributed by atoms with Crippen LogP contribution >= 0.6 is 0 Å².